The van der Waals surface area contributed by atoms with Crippen LogP contribution >= 0.6 is 11.3 Å². The van der Waals surface area contributed by atoms with Crippen molar-refractivity contribution in [3.8, 4) is 27.3 Å². The molecule has 0 bridgehead atoms. The molecule has 0 saturated heterocycles. The molecule has 29 heavy (non-hydrogen) atoms. The van der Waals surface area contributed by atoms with Crippen LogP contribution in [-0.2, 0) is 12.8 Å². The van der Waals surface area contributed by atoms with Crippen molar-refractivity contribution in [1.82, 2.24) is 0 Å². The van der Waals surface area contributed by atoms with E-state index in [0.29, 0.717) is 0 Å². The van der Waals surface area contributed by atoms with Crippen molar-refractivity contribution in [2.75, 3.05) is 7.11 Å². The van der Waals surface area contributed by atoms with E-state index in [-0.39, 0.29) is 5.78 Å². The number of rotatable bonds is 4. The number of fused-ring (bicyclic) bond motifs is 3. The van der Waals surface area contributed by atoms with E-state index in [9.17, 15) is 4.79 Å². The normalized spacial score (nSPS) is 12.2. The van der Waals surface area contributed by atoms with Gasteiger partial charge < -0.3 is 4.74 Å². The summed E-state index contributed by atoms with van der Waals surface area (Å²) in [5.74, 6) is 0.938. The Kier molecular flexibility index (Phi) is 4.53. The topological polar surface area (TPSA) is 26.3 Å². The number of aryl methyl sites for hydroxylation is 1. The molecule has 5 rings (SSSR count). The van der Waals surface area contributed by atoms with Crippen LogP contribution in [0, 0.1) is 0 Å². The fourth-order valence-corrected chi connectivity index (χ4v) is 5.42. The molecule has 0 atom stereocenters. The van der Waals surface area contributed by atoms with E-state index in [2.05, 4.69) is 36.4 Å². The van der Waals surface area contributed by atoms with E-state index in [4.69, 9.17) is 4.74 Å². The first kappa shape index (κ1) is 17.9. The highest BCUT2D eigenvalue weighted by Gasteiger charge is 2.29. The van der Waals surface area contributed by atoms with E-state index in [1.807, 2.05) is 42.5 Å². The van der Waals surface area contributed by atoms with Crippen molar-refractivity contribution >= 4 is 17.1 Å². The van der Waals surface area contributed by atoms with Crippen LogP contribution < -0.4 is 4.74 Å². The molecule has 0 radical (unpaired) electrons. The van der Waals surface area contributed by atoms with Crippen LogP contribution in [0.3, 0.4) is 0 Å². The number of carbonyl (C=O) groups is 1. The molecule has 1 aromatic heterocycles. The Hall–Kier alpha value is -3.17. The summed E-state index contributed by atoms with van der Waals surface area (Å²) in [7, 11) is 1.68. The zero-order valence-electron chi connectivity index (χ0n) is 16.1. The van der Waals surface area contributed by atoms with Gasteiger partial charge in [-0.2, -0.15) is 0 Å². The number of hydrogen-bond acceptors (Lipinski definition) is 3. The Morgan fingerprint density at radius 3 is 2.34 bits per heavy atom. The monoisotopic (exact) mass is 396 g/mol. The average Bonchev–Trinajstić information content (AvgIpc) is 3.19. The van der Waals surface area contributed by atoms with Gasteiger partial charge in [-0.3, -0.25) is 4.79 Å². The van der Waals surface area contributed by atoms with Gasteiger partial charge in [0.15, 0.2) is 0 Å². The predicted molar refractivity (Wildman–Crippen MR) is 119 cm³/mol. The predicted octanol–water partition coefficient (Wildman–Crippen LogP) is 6.42. The number of hydrogen-bond donors (Lipinski definition) is 0. The van der Waals surface area contributed by atoms with Crippen LogP contribution in [-0.4, -0.2) is 12.9 Å². The smallest absolute Gasteiger partial charge is 0.203 e. The van der Waals surface area contributed by atoms with Crippen molar-refractivity contribution < 1.29 is 9.53 Å². The number of methoxy groups -OCH3 is 1. The maximum absolute atomic E-state index is 13.5. The molecule has 0 fully saturated rings. The molecular formula is C26H20O2S. The third kappa shape index (κ3) is 3.08. The van der Waals surface area contributed by atoms with Crippen LogP contribution in [0.15, 0.2) is 78.9 Å². The molecule has 1 aliphatic rings. The highest BCUT2D eigenvalue weighted by molar-refractivity contribution is 7.18. The maximum atomic E-state index is 13.5. The van der Waals surface area contributed by atoms with Gasteiger partial charge in [-0.15, -0.1) is 11.3 Å². The molecule has 0 spiro atoms. The zero-order chi connectivity index (χ0) is 19.8. The Bertz CT molecular complexity index is 1190. The van der Waals surface area contributed by atoms with Crippen molar-refractivity contribution in [2.45, 2.75) is 12.8 Å². The van der Waals surface area contributed by atoms with Crippen molar-refractivity contribution in [3.63, 3.8) is 0 Å². The molecule has 142 valence electrons. The third-order valence-corrected chi connectivity index (χ3v) is 6.81. The largest absolute Gasteiger partial charge is 0.497 e. The molecule has 2 nitrogen and oxygen atoms in total. The van der Waals surface area contributed by atoms with Crippen LogP contribution in [0.25, 0.3) is 21.6 Å². The van der Waals surface area contributed by atoms with Crippen molar-refractivity contribution in [3.05, 3.63) is 100 Å². The number of thiophene rings is 1. The van der Waals surface area contributed by atoms with Gasteiger partial charge in [0.05, 0.1) is 12.0 Å². The van der Waals surface area contributed by atoms with Gasteiger partial charge in [-0.05, 0) is 59.4 Å². The number of benzene rings is 3. The lowest BCUT2D eigenvalue weighted by molar-refractivity contribution is 0.104. The van der Waals surface area contributed by atoms with Crippen molar-refractivity contribution in [2.24, 2.45) is 0 Å². The molecule has 1 heterocycles. The van der Waals surface area contributed by atoms with Crippen LogP contribution in [0.4, 0.5) is 0 Å². The number of ketones is 1. The summed E-state index contributed by atoms with van der Waals surface area (Å²) >= 11 is 1.62. The molecule has 1 aliphatic carbocycles. The van der Waals surface area contributed by atoms with Crippen LogP contribution in [0.5, 0.6) is 5.75 Å². The molecule has 0 unspecified atom stereocenters. The lowest BCUT2D eigenvalue weighted by Gasteiger charge is -2.19. The Morgan fingerprint density at radius 2 is 1.59 bits per heavy atom. The van der Waals surface area contributed by atoms with Crippen LogP contribution in [0.2, 0.25) is 0 Å². The molecule has 0 aliphatic heterocycles. The Balaban J connectivity index is 1.73. The summed E-state index contributed by atoms with van der Waals surface area (Å²) in [6, 6.07) is 26.2. The third-order valence-electron chi connectivity index (χ3n) is 5.53. The first-order valence-electron chi connectivity index (χ1n) is 9.74. The standard InChI is InChI=1S/C26H20O2S/c1-28-20-14-11-19(12-15-20)25-22-16-13-17-7-5-6-10-21(17)23(22)26(29-25)24(27)18-8-3-2-4-9-18/h2-12,14-15H,13,16H2,1H3. The Morgan fingerprint density at radius 1 is 0.862 bits per heavy atom. The average molecular weight is 397 g/mol. The summed E-state index contributed by atoms with van der Waals surface area (Å²) in [5, 5.41) is 0. The second kappa shape index (κ2) is 7.34. The highest BCUT2D eigenvalue weighted by atomic mass is 32.1. The molecule has 3 heteroatoms. The minimum atomic E-state index is 0.100. The van der Waals surface area contributed by atoms with E-state index in [0.717, 1.165) is 40.2 Å². The lowest BCUT2D eigenvalue weighted by atomic mass is 9.84. The summed E-state index contributed by atoms with van der Waals surface area (Å²) < 4.78 is 5.31. The second-order valence-electron chi connectivity index (χ2n) is 7.19. The van der Waals surface area contributed by atoms with Gasteiger partial charge in [0.2, 0.25) is 5.78 Å². The van der Waals surface area contributed by atoms with Gasteiger partial charge in [0, 0.05) is 16.0 Å². The molecule has 0 amide bonds. The molecule has 4 aromatic rings. The minimum absolute atomic E-state index is 0.100. The quantitative estimate of drug-likeness (QED) is 0.372. The first-order valence-corrected chi connectivity index (χ1v) is 10.6. The fourth-order valence-electron chi connectivity index (χ4n) is 4.09. The first-order chi connectivity index (χ1) is 14.3. The number of carbonyl (C=O) groups excluding carboxylic acids is 1. The van der Waals surface area contributed by atoms with E-state index >= 15 is 0 Å². The summed E-state index contributed by atoms with van der Waals surface area (Å²) in [6.45, 7) is 0. The van der Waals surface area contributed by atoms with E-state index < -0.39 is 0 Å². The molecule has 0 saturated carbocycles. The van der Waals surface area contributed by atoms with E-state index in [1.165, 1.54) is 21.6 Å². The van der Waals surface area contributed by atoms with Gasteiger partial charge in [0.1, 0.15) is 5.75 Å². The Labute approximate surface area is 174 Å². The fraction of sp³-hybridized carbons (Fsp3) is 0.115. The highest BCUT2D eigenvalue weighted by Crippen LogP contribution is 2.47. The lowest BCUT2D eigenvalue weighted by Crippen LogP contribution is -2.06. The van der Waals surface area contributed by atoms with Gasteiger partial charge in [-0.25, -0.2) is 0 Å². The molecular weight excluding hydrogens is 376 g/mol. The maximum Gasteiger partial charge on any atom is 0.203 e. The zero-order valence-corrected chi connectivity index (χ0v) is 17.0. The minimum Gasteiger partial charge on any atom is -0.497 e. The summed E-state index contributed by atoms with van der Waals surface area (Å²) in [6.07, 6.45) is 1.95. The summed E-state index contributed by atoms with van der Waals surface area (Å²) in [5.41, 5.74) is 6.80. The van der Waals surface area contributed by atoms with Crippen LogP contribution in [0.1, 0.15) is 26.4 Å². The number of ether oxygens (including phenoxy) is 1. The van der Waals surface area contributed by atoms with Crippen molar-refractivity contribution in [1.29, 1.82) is 0 Å². The molecule has 3 aromatic carbocycles. The molecule has 0 N–H and O–H groups in total. The van der Waals surface area contributed by atoms with E-state index in [1.54, 1.807) is 18.4 Å². The van der Waals surface area contributed by atoms with Gasteiger partial charge in [0.25, 0.3) is 0 Å². The van der Waals surface area contributed by atoms with Gasteiger partial charge in [-0.1, -0.05) is 54.6 Å². The van der Waals surface area contributed by atoms with Gasteiger partial charge >= 0.3 is 0 Å². The SMILES string of the molecule is COc1ccc(-c2sc(C(=O)c3ccccc3)c3c2CCc2ccccc2-3)cc1. The summed E-state index contributed by atoms with van der Waals surface area (Å²) in [4.78, 5) is 15.5. The second-order valence-corrected chi connectivity index (χ2v) is 8.22.